The third-order valence-corrected chi connectivity index (χ3v) is 3.50. The number of carbonyl (C=O) groups excluding carboxylic acids is 1. The van der Waals surface area contributed by atoms with Crippen LogP contribution in [0.3, 0.4) is 0 Å². The van der Waals surface area contributed by atoms with Crippen molar-refractivity contribution in [1.82, 2.24) is 9.88 Å². The molecule has 5 nitrogen and oxygen atoms in total. The van der Waals surface area contributed by atoms with Gasteiger partial charge in [-0.15, -0.1) is 0 Å². The molecule has 0 saturated carbocycles. The minimum absolute atomic E-state index is 0.0196. The van der Waals surface area contributed by atoms with Crippen molar-refractivity contribution < 1.29 is 9.53 Å². The van der Waals surface area contributed by atoms with Crippen molar-refractivity contribution in [2.75, 3.05) is 38.7 Å². The predicted octanol–water partition coefficient (Wildman–Crippen LogP) is 2.01. The van der Waals surface area contributed by atoms with Gasteiger partial charge < -0.3 is 15.0 Å². The predicted molar refractivity (Wildman–Crippen MR) is 78.9 cm³/mol. The number of anilines is 1. The summed E-state index contributed by atoms with van der Waals surface area (Å²) in [5.74, 6) is 1.27. The molecule has 0 bridgehead atoms. The van der Waals surface area contributed by atoms with Gasteiger partial charge in [0.2, 0.25) is 0 Å². The highest BCUT2D eigenvalue weighted by Gasteiger charge is 2.19. The van der Waals surface area contributed by atoms with E-state index in [4.69, 9.17) is 4.74 Å². The Kier molecular flexibility index (Phi) is 5.35. The zero-order chi connectivity index (χ0) is 14.4. The first kappa shape index (κ1) is 14.8. The summed E-state index contributed by atoms with van der Waals surface area (Å²) in [4.78, 5) is 18.3. The average Bonchev–Trinajstić information content (AvgIpc) is 2.48. The number of aromatic nitrogens is 1. The lowest BCUT2D eigenvalue weighted by molar-refractivity contribution is 0.0388. The van der Waals surface area contributed by atoms with Crippen molar-refractivity contribution in [2.24, 2.45) is 5.92 Å². The highest BCUT2D eigenvalue weighted by molar-refractivity contribution is 5.93. The lowest BCUT2D eigenvalue weighted by Gasteiger charge is -2.27. The number of ether oxygens (including phenoxy) is 1. The van der Waals surface area contributed by atoms with Crippen LogP contribution >= 0.6 is 0 Å². The van der Waals surface area contributed by atoms with Crippen LogP contribution in [0.5, 0.6) is 0 Å². The first-order valence-electron chi connectivity index (χ1n) is 7.24. The third kappa shape index (κ3) is 3.93. The standard InChI is InChI=1S/C15H23N3O2/c1-3-16-14-7-6-13(9-17-14)15(19)18(2)10-12-5-4-8-20-11-12/h6-7,9,12H,3-5,8,10-11H2,1-2H3,(H,16,17). The van der Waals surface area contributed by atoms with Crippen LogP contribution in [0.4, 0.5) is 5.82 Å². The molecule has 1 aromatic heterocycles. The Morgan fingerprint density at radius 3 is 3.00 bits per heavy atom. The Morgan fingerprint density at radius 2 is 2.40 bits per heavy atom. The number of carbonyl (C=O) groups is 1. The average molecular weight is 277 g/mol. The fourth-order valence-electron chi connectivity index (χ4n) is 2.45. The molecular weight excluding hydrogens is 254 g/mol. The van der Waals surface area contributed by atoms with Crippen molar-refractivity contribution in [3.63, 3.8) is 0 Å². The highest BCUT2D eigenvalue weighted by atomic mass is 16.5. The van der Waals surface area contributed by atoms with Crippen LogP contribution in [0.2, 0.25) is 0 Å². The second kappa shape index (κ2) is 7.24. The summed E-state index contributed by atoms with van der Waals surface area (Å²) >= 11 is 0. The van der Waals surface area contributed by atoms with Crippen LogP contribution in [0.15, 0.2) is 18.3 Å². The zero-order valence-electron chi connectivity index (χ0n) is 12.3. The van der Waals surface area contributed by atoms with Crippen molar-refractivity contribution in [3.05, 3.63) is 23.9 Å². The minimum Gasteiger partial charge on any atom is -0.381 e. The molecule has 0 spiro atoms. The molecule has 0 aliphatic carbocycles. The smallest absolute Gasteiger partial charge is 0.255 e. The zero-order valence-corrected chi connectivity index (χ0v) is 12.3. The fourth-order valence-corrected chi connectivity index (χ4v) is 2.45. The molecule has 1 aliphatic rings. The molecule has 2 heterocycles. The number of hydrogen-bond donors (Lipinski definition) is 1. The summed E-state index contributed by atoms with van der Waals surface area (Å²) in [6.07, 6.45) is 3.86. The van der Waals surface area contributed by atoms with E-state index in [9.17, 15) is 4.79 Å². The van der Waals surface area contributed by atoms with Crippen molar-refractivity contribution in [2.45, 2.75) is 19.8 Å². The first-order chi connectivity index (χ1) is 9.70. The maximum Gasteiger partial charge on any atom is 0.255 e. The summed E-state index contributed by atoms with van der Waals surface area (Å²) in [6, 6.07) is 3.66. The minimum atomic E-state index is 0.0196. The molecule has 1 unspecified atom stereocenters. The highest BCUT2D eigenvalue weighted by Crippen LogP contribution is 2.15. The number of nitrogens with one attached hydrogen (secondary N) is 1. The van der Waals surface area contributed by atoms with E-state index >= 15 is 0 Å². The number of nitrogens with zero attached hydrogens (tertiary/aromatic N) is 2. The van der Waals surface area contributed by atoms with Crippen LogP contribution in [0.1, 0.15) is 30.1 Å². The summed E-state index contributed by atoms with van der Waals surface area (Å²) in [5.41, 5.74) is 0.630. The Hall–Kier alpha value is -1.62. The van der Waals surface area contributed by atoms with E-state index in [0.29, 0.717) is 11.5 Å². The summed E-state index contributed by atoms with van der Waals surface area (Å²) in [6.45, 7) is 5.19. The number of rotatable bonds is 5. The van der Waals surface area contributed by atoms with Gasteiger partial charge in [0.25, 0.3) is 5.91 Å². The summed E-state index contributed by atoms with van der Waals surface area (Å²) in [5, 5.41) is 3.12. The molecule has 2 rings (SSSR count). The van der Waals surface area contributed by atoms with E-state index < -0.39 is 0 Å². The molecule has 1 fully saturated rings. The van der Waals surface area contributed by atoms with Gasteiger partial charge in [0, 0.05) is 32.9 Å². The molecule has 1 saturated heterocycles. The van der Waals surface area contributed by atoms with Gasteiger partial charge in [-0.2, -0.15) is 0 Å². The Bertz CT molecular complexity index is 427. The Balaban J connectivity index is 1.91. The maximum absolute atomic E-state index is 12.3. The van der Waals surface area contributed by atoms with Gasteiger partial charge >= 0.3 is 0 Å². The topological polar surface area (TPSA) is 54.5 Å². The number of pyridine rings is 1. The van der Waals surface area contributed by atoms with E-state index in [-0.39, 0.29) is 5.91 Å². The maximum atomic E-state index is 12.3. The molecular formula is C15H23N3O2. The van der Waals surface area contributed by atoms with Gasteiger partial charge in [0.15, 0.2) is 0 Å². The summed E-state index contributed by atoms with van der Waals surface area (Å²) < 4.78 is 5.45. The molecule has 5 heteroatoms. The molecule has 1 aromatic rings. The van der Waals surface area contributed by atoms with E-state index in [2.05, 4.69) is 10.3 Å². The molecule has 1 aliphatic heterocycles. The van der Waals surface area contributed by atoms with Crippen LogP contribution in [-0.2, 0) is 4.74 Å². The molecule has 20 heavy (non-hydrogen) atoms. The molecule has 0 aromatic carbocycles. The second-order valence-electron chi connectivity index (χ2n) is 5.23. The van der Waals surface area contributed by atoms with Crippen LogP contribution in [0.25, 0.3) is 0 Å². The van der Waals surface area contributed by atoms with Gasteiger partial charge in [-0.05, 0) is 37.8 Å². The van der Waals surface area contributed by atoms with Crippen LogP contribution < -0.4 is 5.32 Å². The summed E-state index contributed by atoms with van der Waals surface area (Å²) in [7, 11) is 1.84. The normalized spacial score (nSPS) is 18.6. The monoisotopic (exact) mass is 277 g/mol. The molecule has 0 radical (unpaired) electrons. The van der Waals surface area contributed by atoms with E-state index in [1.807, 2.05) is 26.1 Å². The third-order valence-electron chi connectivity index (χ3n) is 3.50. The Labute approximate surface area is 120 Å². The van der Waals surface area contributed by atoms with Crippen molar-refractivity contribution >= 4 is 11.7 Å². The van der Waals surface area contributed by atoms with Crippen LogP contribution in [0, 0.1) is 5.92 Å². The van der Waals surface area contributed by atoms with Gasteiger partial charge in [-0.1, -0.05) is 0 Å². The van der Waals surface area contributed by atoms with E-state index in [1.54, 1.807) is 11.1 Å². The molecule has 110 valence electrons. The molecule has 1 atom stereocenters. The van der Waals surface area contributed by atoms with Crippen molar-refractivity contribution in [3.8, 4) is 0 Å². The van der Waals surface area contributed by atoms with Gasteiger partial charge in [0.05, 0.1) is 12.2 Å². The first-order valence-corrected chi connectivity index (χ1v) is 7.24. The SMILES string of the molecule is CCNc1ccc(C(=O)N(C)CC2CCCOC2)cn1. The fraction of sp³-hybridized carbons (Fsp3) is 0.600. The van der Waals surface area contributed by atoms with Gasteiger partial charge in [-0.25, -0.2) is 4.98 Å². The molecule has 1 amide bonds. The largest absolute Gasteiger partial charge is 0.381 e. The molecule has 1 N–H and O–H groups in total. The van der Waals surface area contributed by atoms with Crippen LogP contribution in [-0.4, -0.2) is 49.1 Å². The lowest BCUT2D eigenvalue weighted by Crippen LogP contribution is -2.35. The number of amides is 1. The quantitative estimate of drug-likeness (QED) is 0.894. The van der Waals surface area contributed by atoms with Gasteiger partial charge in [-0.3, -0.25) is 4.79 Å². The van der Waals surface area contributed by atoms with Crippen molar-refractivity contribution in [1.29, 1.82) is 0 Å². The van der Waals surface area contributed by atoms with E-state index in [0.717, 1.165) is 45.0 Å². The Morgan fingerprint density at radius 1 is 1.55 bits per heavy atom. The van der Waals surface area contributed by atoms with Gasteiger partial charge in [0.1, 0.15) is 5.82 Å². The number of hydrogen-bond acceptors (Lipinski definition) is 4. The lowest BCUT2D eigenvalue weighted by atomic mass is 10.0. The van der Waals surface area contributed by atoms with E-state index in [1.165, 1.54) is 0 Å². The second-order valence-corrected chi connectivity index (χ2v) is 5.23.